The predicted octanol–water partition coefficient (Wildman–Crippen LogP) is 3.39. The summed E-state index contributed by atoms with van der Waals surface area (Å²) in [5, 5.41) is 0. The summed E-state index contributed by atoms with van der Waals surface area (Å²) >= 11 is 3.50. The molecule has 0 aliphatic heterocycles. The summed E-state index contributed by atoms with van der Waals surface area (Å²) in [6.45, 7) is 0. The fourth-order valence-electron chi connectivity index (χ4n) is 2.93. The Bertz CT molecular complexity index is 432. The Balaban J connectivity index is 2.18. The second-order valence-corrected chi connectivity index (χ2v) is 5.58. The van der Waals surface area contributed by atoms with Crippen molar-refractivity contribution in [2.45, 2.75) is 37.5 Å². The largest absolute Gasteiger partial charge is 0.299 e. The van der Waals surface area contributed by atoms with Gasteiger partial charge in [0.15, 0.2) is 0 Å². The minimum Gasteiger partial charge on any atom is -0.299 e. The molecule has 0 N–H and O–H groups in total. The van der Waals surface area contributed by atoms with Crippen LogP contribution >= 0.6 is 15.9 Å². The molecular weight excluding hydrogens is 252 g/mol. The van der Waals surface area contributed by atoms with Crippen molar-refractivity contribution in [2.24, 2.45) is 0 Å². The lowest BCUT2D eigenvalue weighted by molar-refractivity contribution is -0.128. The van der Waals surface area contributed by atoms with E-state index < -0.39 is 0 Å². The number of rotatable bonds is 0. The third-order valence-corrected chi connectivity index (χ3v) is 4.44. The van der Waals surface area contributed by atoms with Gasteiger partial charge >= 0.3 is 0 Å². The fourth-order valence-corrected chi connectivity index (χ4v) is 3.29. The van der Waals surface area contributed by atoms with Gasteiger partial charge in [0.25, 0.3) is 0 Å². The van der Waals surface area contributed by atoms with Crippen LogP contribution in [0.1, 0.15) is 36.8 Å². The van der Waals surface area contributed by atoms with Gasteiger partial charge in [-0.05, 0) is 42.5 Å². The van der Waals surface area contributed by atoms with Crippen molar-refractivity contribution in [1.82, 2.24) is 0 Å². The van der Waals surface area contributed by atoms with Crippen LogP contribution in [0.15, 0.2) is 22.7 Å². The molecule has 0 bridgehead atoms. The van der Waals surface area contributed by atoms with Crippen LogP contribution in [0.4, 0.5) is 0 Å². The Kier molecular flexibility index (Phi) is 2.03. The molecule has 1 aromatic carbocycles. The minimum atomic E-state index is -0.0859. The van der Waals surface area contributed by atoms with Crippen molar-refractivity contribution in [1.29, 1.82) is 0 Å². The van der Waals surface area contributed by atoms with E-state index in [-0.39, 0.29) is 5.41 Å². The standard InChI is InChI=1S/C13H13BrO/c14-10-4-2-9-3-5-12(15)13(6-1-7-13)11(9)8-10/h2,4,8H,1,3,5-7H2. The van der Waals surface area contributed by atoms with Crippen LogP contribution in [0, 0.1) is 0 Å². The topological polar surface area (TPSA) is 17.1 Å². The summed E-state index contributed by atoms with van der Waals surface area (Å²) in [6, 6.07) is 6.42. The second kappa shape index (κ2) is 3.18. The molecule has 0 amide bonds. The number of ketones is 1. The van der Waals surface area contributed by atoms with Gasteiger partial charge in [0.05, 0.1) is 5.41 Å². The van der Waals surface area contributed by atoms with E-state index in [0.717, 1.165) is 30.2 Å². The lowest BCUT2D eigenvalue weighted by atomic mass is 9.57. The Labute approximate surface area is 98.0 Å². The molecule has 2 aliphatic carbocycles. The Morgan fingerprint density at radius 1 is 1.20 bits per heavy atom. The lowest BCUT2D eigenvalue weighted by Gasteiger charge is -2.44. The SMILES string of the molecule is O=C1CCc2ccc(Br)cc2C12CCC2. The molecule has 0 atom stereocenters. The Morgan fingerprint density at radius 3 is 2.67 bits per heavy atom. The van der Waals surface area contributed by atoms with Crippen molar-refractivity contribution >= 4 is 21.7 Å². The molecule has 1 spiro atoms. The van der Waals surface area contributed by atoms with Gasteiger partial charge in [-0.3, -0.25) is 4.79 Å². The number of hydrogen-bond donors (Lipinski definition) is 0. The number of aryl methyl sites for hydroxylation is 1. The third kappa shape index (κ3) is 1.24. The maximum absolute atomic E-state index is 12.1. The zero-order chi connectivity index (χ0) is 10.5. The first-order chi connectivity index (χ1) is 7.22. The molecule has 0 unspecified atom stereocenters. The summed E-state index contributed by atoms with van der Waals surface area (Å²) in [7, 11) is 0. The van der Waals surface area contributed by atoms with E-state index in [1.807, 2.05) is 0 Å². The average Bonchev–Trinajstić information content (AvgIpc) is 2.14. The predicted molar refractivity (Wildman–Crippen MR) is 63.0 cm³/mol. The van der Waals surface area contributed by atoms with Crippen LogP contribution in [0.5, 0.6) is 0 Å². The van der Waals surface area contributed by atoms with Crippen LogP contribution < -0.4 is 0 Å². The van der Waals surface area contributed by atoms with E-state index in [2.05, 4.69) is 34.1 Å². The van der Waals surface area contributed by atoms with Crippen LogP contribution in [0.2, 0.25) is 0 Å². The molecule has 1 aromatic rings. The number of carbonyl (C=O) groups excluding carboxylic acids is 1. The first kappa shape index (κ1) is 9.59. The molecule has 0 aromatic heterocycles. The summed E-state index contributed by atoms with van der Waals surface area (Å²) in [4.78, 5) is 12.1. The number of fused-ring (bicyclic) bond motifs is 2. The maximum Gasteiger partial charge on any atom is 0.143 e. The quantitative estimate of drug-likeness (QED) is 0.702. The summed E-state index contributed by atoms with van der Waals surface area (Å²) in [5.41, 5.74) is 2.61. The summed E-state index contributed by atoms with van der Waals surface area (Å²) in [5.74, 6) is 0.472. The highest BCUT2D eigenvalue weighted by atomic mass is 79.9. The first-order valence-electron chi connectivity index (χ1n) is 5.55. The molecular formula is C13H13BrO. The number of carbonyl (C=O) groups is 1. The highest BCUT2D eigenvalue weighted by molar-refractivity contribution is 9.10. The van der Waals surface area contributed by atoms with Gasteiger partial charge < -0.3 is 0 Å². The van der Waals surface area contributed by atoms with E-state index in [0.29, 0.717) is 5.78 Å². The molecule has 0 radical (unpaired) electrons. The van der Waals surface area contributed by atoms with Gasteiger partial charge in [0.1, 0.15) is 5.78 Å². The number of hydrogen-bond acceptors (Lipinski definition) is 1. The van der Waals surface area contributed by atoms with Crippen LogP contribution in [0.3, 0.4) is 0 Å². The van der Waals surface area contributed by atoms with Crippen LogP contribution in [-0.4, -0.2) is 5.78 Å². The molecule has 1 nitrogen and oxygen atoms in total. The van der Waals surface area contributed by atoms with E-state index in [1.54, 1.807) is 0 Å². The Morgan fingerprint density at radius 2 is 2.00 bits per heavy atom. The van der Waals surface area contributed by atoms with Crippen LogP contribution in [-0.2, 0) is 16.6 Å². The first-order valence-corrected chi connectivity index (χ1v) is 6.34. The number of halogens is 1. The number of benzene rings is 1. The maximum atomic E-state index is 12.1. The lowest BCUT2D eigenvalue weighted by Crippen LogP contribution is -2.45. The molecule has 0 saturated heterocycles. The molecule has 3 rings (SSSR count). The van der Waals surface area contributed by atoms with Crippen molar-refractivity contribution in [3.05, 3.63) is 33.8 Å². The monoisotopic (exact) mass is 264 g/mol. The molecule has 78 valence electrons. The van der Waals surface area contributed by atoms with E-state index in [1.165, 1.54) is 17.5 Å². The summed E-state index contributed by atoms with van der Waals surface area (Å²) in [6.07, 6.45) is 5.01. The van der Waals surface area contributed by atoms with Gasteiger partial charge in [-0.25, -0.2) is 0 Å². The molecule has 2 aliphatic rings. The van der Waals surface area contributed by atoms with Crippen molar-refractivity contribution < 1.29 is 4.79 Å². The zero-order valence-electron chi connectivity index (χ0n) is 8.55. The number of Topliss-reactive ketones (excluding diaryl/α,β-unsaturated/α-hetero) is 1. The van der Waals surface area contributed by atoms with Gasteiger partial charge in [0.2, 0.25) is 0 Å². The fraction of sp³-hybridized carbons (Fsp3) is 0.462. The summed E-state index contributed by atoms with van der Waals surface area (Å²) < 4.78 is 1.10. The van der Waals surface area contributed by atoms with E-state index in [4.69, 9.17) is 0 Å². The minimum absolute atomic E-state index is 0.0859. The van der Waals surface area contributed by atoms with E-state index >= 15 is 0 Å². The van der Waals surface area contributed by atoms with Gasteiger partial charge in [-0.15, -0.1) is 0 Å². The zero-order valence-corrected chi connectivity index (χ0v) is 10.1. The van der Waals surface area contributed by atoms with Gasteiger partial charge in [-0.1, -0.05) is 28.4 Å². The molecule has 0 heterocycles. The van der Waals surface area contributed by atoms with E-state index in [9.17, 15) is 4.79 Å². The van der Waals surface area contributed by atoms with Crippen LogP contribution in [0.25, 0.3) is 0 Å². The highest BCUT2D eigenvalue weighted by Crippen LogP contribution is 2.49. The molecule has 2 heteroatoms. The van der Waals surface area contributed by atoms with Gasteiger partial charge in [-0.2, -0.15) is 0 Å². The van der Waals surface area contributed by atoms with Gasteiger partial charge in [0, 0.05) is 10.9 Å². The normalized spacial score (nSPS) is 22.3. The molecule has 1 saturated carbocycles. The average molecular weight is 265 g/mol. The molecule has 1 fully saturated rings. The Hall–Kier alpha value is -0.630. The third-order valence-electron chi connectivity index (χ3n) is 3.95. The van der Waals surface area contributed by atoms with Crippen molar-refractivity contribution in [3.8, 4) is 0 Å². The molecule has 15 heavy (non-hydrogen) atoms. The highest BCUT2D eigenvalue weighted by Gasteiger charge is 2.47. The smallest absolute Gasteiger partial charge is 0.143 e. The van der Waals surface area contributed by atoms with Crippen molar-refractivity contribution in [3.63, 3.8) is 0 Å². The second-order valence-electron chi connectivity index (χ2n) is 4.66. The van der Waals surface area contributed by atoms with Crippen molar-refractivity contribution in [2.75, 3.05) is 0 Å².